The average Bonchev–Trinajstić information content (AvgIpc) is 3.67. The predicted molar refractivity (Wildman–Crippen MR) is 152 cm³/mol. The van der Waals surface area contributed by atoms with Crippen molar-refractivity contribution >= 4 is 5.91 Å². The normalized spacial score (nSPS) is 30.3. The van der Waals surface area contributed by atoms with Crippen molar-refractivity contribution in [1.29, 1.82) is 0 Å². The number of piperidine rings is 1. The van der Waals surface area contributed by atoms with Crippen LogP contribution in [-0.2, 0) is 16.6 Å². The van der Waals surface area contributed by atoms with Crippen molar-refractivity contribution in [2.24, 2.45) is 17.8 Å². The Hall–Kier alpha value is -2.97. The van der Waals surface area contributed by atoms with E-state index in [1.165, 1.54) is 24.9 Å². The smallest absolute Gasteiger partial charge is 0.299 e. The van der Waals surface area contributed by atoms with Crippen LogP contribution in [0.3, 0.4) is 0 Å². The molecule has 7 rings (SSSR count). The summed E-state index contributed by atoms with van der Waals surface area (Å²) >= 11 is 0. The number of rotatable bonds is 5. The first kappa shape index (κ1) is 25.0. The second-order valence-corrected chi connectivity index (χ2v) is 13.2. The summed E-state index contributed by atoms with van der Waals surface area (Å²) < 4.78 is 6.89. The SMILES string of the molecule is Cc1cccc(C#CC(=O)N(CC(C)C)[C@H]2CC[C@H]3[C@H]4Cc5c(O)ccc6c5[C@@]3(CCN4CC3CC3)[C@H]2O6)c1. The number of aryl methyl sites for hydroxylation is 1. The highest BCUT2D eigenvalue weighted by Crippen LogP contribution is 2.64. The standard InChI is InChI=1S/C34H40N2O3/c1-21(2)19-36(31(38)14-9-23-6-4-5-22(3)17-23)27-11-10-26-28-18-25-29(37)12-13-30-32(25)34(26,33(27)39-30)15-16-35(28)20-24-7-8-24/h4-6,12-13,17,21,24,26-28,33,37H,7-8,10-11,15-16,18-20H2,1-3H3/t26-,27-,28+,33-,34-/m0/s1. The maximum absolute atomic E-state index is 13.8. The fraction of sp³-hybridized carbons (Fsp3) is 0.559. The summed E-state index contributed by atoms with van der Waals surface area (Å²) in [5, 5.41) is 11.0. The molecule has 2 aromatic carbocycles. The van der Waals surface area contributed by atoms with Crippen molar-refractivity contribution in [2.75, 3.05) is 19.6 Å². The van der Waals surface area contributed by atoms with Gasteiger partial charge in [0.1, 0.15) is 17.6 Å². The van der Waals surface area contributed by atoms with Gasteiger partial charge in [-0.05, 0) is 99.6 Å². The predicted octanol–water partition coefficient (Wildman–Crippen LogP) is 5.05. The minimum atomic E-state index is -0.144. The second-order valence-electron chi connectivity index (χ2n) is 13.2. The molecular formula is C34H40N2O3. The van der Waals surface area contributed by atoms with Gasteiger partial charge in [0.2, 0.25) is 0 Å². The number of carbonyl (C=O) groups is 1. The van der Waals surface area contributed by atoms with Gasteiger partial charge in [0.15, 0.2) is 0 Å². The molecule has 2 saturated carbocycles. The number of phenolic OH excluding ortho intramolecular Hbond substituents is 1. The summed E-state index contributed by atoms with van der Waals surface area (Å²) in [7, 11) is 0. The van der Waals surface area contributed by atoms with Crippen molar-refractivity contribution < 1.29 is 14.6 Å². The molecule has 5 atom stereocenters. The molecule has 39 heavy (non-hydrogen) atoms. The Kier molecular flexibility index (Phi) is 5.97. The van der Waals surface area contributed by atoms with E-state index >= 15 is 0 Å². The number of hydrogen-bond donors (Lipinski definition) is 1. The number of carbonyl (C=O) groups excluding carboxylic acids is 1. The molecule has 204 valence electrons. The van der Waals surface area contributed by atoms with Gasteiger partial charge in [-0.2, -0.15) is 0 Å². The van der Waals surface area contributed by atoms with Crippen LogP contribution in [0.1, 0.15) is 68.2 Å². The summed E-state index contributed by atoms with van der Waals surface area (Å²) in [6.07, 6.45) is 6.57. The Morgan fingerprint density at radius 2 is 2.05 bits per heavy atom. The molecule has 0 aromatic heterocycles. The van der Waals surface area contributed by atoms with Crippen molar-refractivity contribution in [3.05, 3.63) is 58.7 Å². The zero-order chi connectivity index (χ0) is 26.9. The van der Waals surface area contributed by atoms with E-state index in [1.807, 2.05) is 48.2 Å². The van der Waals surface area contributed by atoms with E-state index in [0.29, 0.717) is 30.2 Å². The van der Waals surface area contributed by atoms with Crippen molar-refractivity contribution in [1.82, 2.24) is 9.80 Å². The first-order chi connectivity index (χ1) is 18.8. The summed E-state index contributed by atoms with van der Waals surface area (Å²) in [5.74, 6) is 9.05. The molecule has 2 aliphatic heterocycles. The number of likely N-dealkylation sites (tertiary alicyclic amines) is 1. The lowest BCUT2D eigenvalue weighted by Crippen LogP contribution is -2.69. The van der Waals surface area contributed by atoms with Crippen LogP contribution >= 0.6 is 0 Å². The third-order valence-corrected chi connectivity index (χ3v) is 10.2. The molecule has 1 saturated heterocycles. The lowest BCUT2D eigenvalue weighted by atomic mass is 9.50. The average molecular weight is 525 g/mol. The highest BCUT2D eigenvalue weighted by Gasteiger charge is 2.66. The van der Waals surface area contributed by atoms with Gasteiger partial charge in [0, 0.05) is 47.2 Å². The third kappa shape index (κ3) is 4.06. The molecule has 0 unspecified atom stereocenters. The monoisotopic (exact) mass is 524 g/mol. The summed E-state index contributed by atoms with van der Waals surface area (Å²) in [4.78, 5) is 18.6. The summed E-state index contributed by atoms with van der Waals surface area (Å²) in [6, 6.07) is 12.2. The molecule has 5 aliphatic rings. The molecule has 3 fully saturated rings. The van der Waals surface area contributed by atoms with Crippen LogP contribution in [0.5, 0.6) is 11.5 Å². The topological polar surface area (TPSA) is 53.0 Å². The molecular weight excluding hydrogens is 484 g/mol. The van der Waals surface area contributed by atoms with Crippen LogP contribution in [0, 0.1) is 36.5 Å². The Labute approximate surface area is 232 Å². The number of amides is 1. The molecule has 3 aliphatic carbocycles. The van der Waals surface area contributed by atoms with Gasteiger partial charge in [0.05, 0.1) is 6.04 Å². The lowest BCUT2D eigenvalue weighted by molar-refractivity contribution is -0.137. The zero-order valence-electron chi connectivity index (χ0n) is 23.5. The molecule has 5 heteroatoms. The molecule has 1 amide bonds. The quantitative estimate of drug-likeness (QED) is 0.556. The number of hydrogen-bond acceptors (Lipinski definition) is 4. The molecule has 1 spiro atoms. The van der Waals surface area contributed by atoms with Crippen LogP contribution in [0.25, 0.3) is 0 Å². The van der Waals surface area contributed by atoms with E-state index in [2.05, 4.69) is 30.6 Å². The zero-order valence-corrected chi connectivity index (χ0v) is 23.5. The van der Waals surface area contributed by atoms with Gasteiger partial charge in [-0.25, -0.2) is 0 Å². The second kappa shape index (κ2) is 9.30. The summed E-state index contributed by atoms with van der Waals surface area (Å²) in [5.41, 5.74) is 4.22. The van der Waals surface area contributed by atoms with Gasteiger partial charge in [-0.3, -0.25) is 9.69 Å². The van der Waals surface area contributed by atoms with Gasteiger partial charge in [-0.15, -0.1) is 0 Å². The maximum Gasteiger partial charge on any atom is 0.299 e. The highest BCUT2D eigenvalue weighted by atomic mass is 16.5. The van der Waals surface area contributed by atoms with Crippen LogP contribution in [0.2, 0.25) is 0 Å². The van der Waals surface area contributed by atoms with Crippen molar-refractivity contribution in [3.63, 3.8) is 0 Å². The first-order valence-electron chi connectivity index (χ1n) is 15.0. The maximum atomic E-state index is 13.8. The fourth-order valence-electron chi connectivity index (χ4n) is 8.47. The van der Waals surface area contributed by atoms with E-state index in [4.69, 9.17) is 4.74 Å². The molecule has 5 nitrogen and oxygen atoms in total. The van der Waals surface area contributed by atoms with E-state index in [0.717, 1.165) is 60.6 Å². The highest BCUT2D eigenvalue weighted by molar-refractivity contribution is 5.94. The van der Waals surface area contributed by atoms with Crippen LogP contribution in [-0.4, -0.2) is 58.6 Å². The number of nitrogens with zero attached hydrogens (tertiary/aromatic N) is 2. The number of aromatic hydroxyl groups is 1. The van der Waals surface area contributed by atoms with Crippen molar-refractivity contribution in [2.45, 2.75) is 82.9 Å². The van der Waals surface area contributed by atoms with Crippen LogP contribution in [0.4, 0.5) is 0 Å². The van der Waals surface area contributed by atoms with E-state index < -0.39 is 0 Å². The minimum Gasteiger partial charge on any atom is -0.508 e. The van der Waals surface area contributed by atoms with E-state index in [9.17, 15) is 9.90 Å². The largest absolute Gasteiger partial charge is 0.508 e. The van der Waals surface area contributed by atoms with Crippen LogP contribution < -0.4 is 4.74 Å². The molecule has 2 heterocycles. The Bertz CT molecular complexity index is 1370. The number of ether oxygens (including phenoxy) is 1. The Morgan fingerprint density at radius 1 is 1.21 bits per heavy atom. The summed E-state index contributed by atoms with van der Waals surface area (Å²) in [6.45, 7) is 9.32. The van der Waals surface area contributed by atoms with Crippen molar-refractivity contribution in [3.8, 4) is 23.3 Å². The van der Waals surface area contributed by atoms with E-state index in [1.54, 1.807) is 0 Å². The van der Waals surface area contributed by atoms with Gasteiger partial charge in [0.25, 0.3) is 5.91 Å². The molecule has 2 bridgehead atoms. The molecule has 0 radical (unpaired) electrons. The van der Waals surface area contributed by atoms with Gasteiger partial charge >= 0.3 is 0 Å². The fourth-order valence-corrected chi connectivity index (χ4v) is 8.47. The van der Waals surface area contributed by atoms with Crippen LogP contribution in [0.15, 0.2) is 36.4 Å². The van der Waals surface area contributed by atoms with Gasteiger partial charge in [-0.1, -0.05) is 31.9 Å². The number of phenols is 1. The lowest BCUT2D eigenvalue weighted by Gasteiger charge is -2.60. The molecule has 1 N–H and O–H groups in total. The number of benzene rings is 2. The Balaban J connectivity index is 1.26. The molecule has 2 aromatic rings. The minimum absolute atomic E-state index is 0.0286. The van der Waals surface area contributed by atoms with Gasteiger partial charge < -0.3 is 14.7 Å². The Morgan fingerprint density at radius 3 is 2.82 bits per heavy atom. The first-order valence-corrected chi connectivity index (χ1v) is 15.0. The third-order valence-electron chi connectivity index (χ3n) is 10.2. The van der Waals surface area contributed by atoms with E-state index in [-0.39, 0.29) is 23.5 Å².